The maximum atomic E-state index is 14.4. The van der Waals surface area contributed by atoms with Crippen molar-refractivity contribution in [1.82, 2.24) is 20.0 Å². The number of nitrogens with zero attached hydrogens (tertiary/aromatic N) is 4. The van der Waals surface area contributed by atoms with Gasteiger partial charge in [-0.25, -0.2) is 13.5 Å². The Morgan fingerprint density at radius 1 is 1.09 bits per heavy atom. The Balaban J connectivity index is 1.58. The van der Waals surface area contributed by atoms with Crippen molar-refractivity contribution in [2.45, 2.75) is 48.7 Å². The van der Waals surface area contributed by atoms with Crippen molar-refractivity contribution in [3.05, 3.63) is 100.0 Å². The summed E-state index contributed by atoms with van der Waals surface area (Å²) in [6.07, 6.45) is -6.05. The van der Waals surface area contributed by atoms with Gasteiger partial charge >= 0.3 is 6.18 Å². The second-order valence-corrected chi connectivity index (χ2v) is 11.3. The smallest absolute Gasteiger partial charge is 0.375 e. The van der Waals surface area contributed by atoms with Crippen LogP contribution in [0.5, 0.6) is 0 Å². The third-order valence-corrected chi connectivity index (χ3v) is 8.50. The summed E-state index contributed by atoms with van der Waals surface area (Å²) in [7, 11) is 1.38. The molecule has 2 aromatic heterocycles. The van der Waals surface area contributed by atoms with Gasteiger partial charge in [-0.3, -0.25) is 4.98 Å². The van der Waals surface area contributed by atoms with Crippen LogP contribution in [0.3, 0.4) is 0 Å². The van der Waals surface area contributed by atoms with E-state index in [1.807, 2.05) is 6.07 Å². The number of halogens is 6. The topological polar surface area (TPSA) is 80.5 Å². The zero-order valence-corrected chi connectivity index (χ0v) is 24.7. The summed E-state index contributed by atoms with van der Waals surface area (Å²) in [4.78, 5) is 3.79. The average Bonchev–Trinajstić information content (AvgIpc) is 3.49. The highest BCUT2D eigenvalue weighted by molar-refractivity contribution is 7.80. The molecule has 2 fully saturated rings. The average molecular weight is 655 g/mol. The van der Waals surface area contributed by atoms with E-state index in [9.17, 15) is 22.0 Å². The SMILES string of the molecule is CO[C@H]1[C@@H](S)O[C@@H]2COC(c3ccccc3)O[C@@H]2C1(c1cnc(C(F)(F)F)c(C)c1)n1cc(-c2cc(F)c(Cl)c(F)c2)nn1. The molecular formula is C29H24ClF5N4O4S. The standard InChI is InChI=1S/C29H24ClF5N4O4S/c1-14-8-17(11-36-23(14)29(33,34)35)28(39-12-20(37-38-39)16-9-18(31)22(30)19(32)10-16)24-21(42-27(44)25(28)40-2)13-41-26(43-24)15-6-4-3-5-7-15/h3-12,21,24-27,44H,13H2,1-2H3/t21-,24+,25+,26?,27-,28?/m1/s1. The Bertz CT molecular complexity index is 1660. The summed E-state index contributed by atoms with van der Waals surface area (Å²) in [5, 5.41) is 7.79. The molecule has 0 N–H and O–H groups in total. The van der Waals surface area contributed by atoms with Crippen LogP contribution in [-0.2, 0) is 30.7 Å². The molecule has 15 heteroatoms. The molecule has 4 aromatic rings. The lowest BCUT2D eigenvalue weighted by atomic mass is 9.75. The highest BCUT2D eigenvalue weighted by Crippen LogP contribution is 2.49. The van der Waals surface area contributed by atoms with E-state index in [0.29, 0.717) is 5.56 Å². The second-order valence-electron chi connectivity index (χ2n) is 10.4. The number of rotatable bonds is 5. The molecule has 0 amide bonds. The monoisotopic (exact) mass is 654 g/mol. The number of hydrogen-bond acceptors (Lipinski definition) is 8. The molecule has 0 saturated carbocycles. The van der Waals surface area contributed by atoms with E-state index in [-0.39, 0.29) is 29.0 Å². The van der Waals surface area contributed by atoms with Gasteiger partial charge in [0, 0.05) is 30.0 Å². The molecule has 0 radical (unpaired) electrons. The molecule has 6 atom stereocenters. The molecule has 232 valence electrons. The number of benzene rings is 2. The van der Waals surface area contributed by atoms with Crippen molar-refractivity contribution < 1.29 is 40.9 Å². The minimum Gasteiger partial charge on any atom is -0.375 e. The van der Waals surface area contributed by atoms with Crippen LogP contribution in [0, 0.1) is 18.6 Å². The highest BCUT2D eigenvalue weighted by Gasteiger charge is 2.62. The molecule has 2 saturated heterocycles. The predicted molar refractivity (Wildman–Crippen MR) is 150 cm³/mol. The molecule has 4 heterocycles. The van der Waals surface area contributed by atoms with Gasteiger partial charge in [0.25, 0.3) is 0 Å². The molecular weight excluding hydrogens is 631 g/mol. The van der Waals surface area contributed by atoms with Gasteiger partial charge < -0.3 is 18.9 Å². The van der Waals surface area contributed by atoms with E-state index in [1.165, 1.54) is 31.0 Å². The first-order chi connectivity index (χ1) is 20.9. The van der Waals surface area contributed by atoms with Crippen LogP contribution < -0.4 is 0 Å². The summed E-state index contributed by atoms with van der Waals surface area (Å²) in [6.45, 7) is 1.30. The Morgan fingerprint density at radius 2 is 1.80 bits per heavy atom. The molecule has 44 heavy (non-hydrogen) atoms. The first-order valence-electron chi connectivity index (χ1n) is 13.3. The summed E-state index contributed by atoms with van der Waals surface area (Å²) in [5.41, 5.74) is -2.89. The van der Waals surface area contributed by atoms with Crippen LogP contribution >= 0.6 is 24.2 Å². The van der Waals surface area contributed by atoms with Crippen LogP contribution in [-0.4, -0.2) is 57.4 Å². The van der Waals surface area contributed by atoms with E-state index < -0.39 is 64.1 Å². The Hall–Kier alpha value is -3.14. The number of pyridine rings is 1. The minimum atomic E-state index is -4.71. The summed E-state index contributed by atoms with van der Waals surface area (Å²) < 4.78 is 96.1. The quantitative estimate of drug-likeness (QED) is 0.158. The van der Waals surface area contributed by atoms with Gasteiger partial charge in [0.05, 0.1) is 12.8 Å². The third kappa shape index (κ3) is 5.16. The fraction of sp³-hybridized carbons (Fsp3) is 0.345. The molecule has 0 bridgehead atoms. The first kappa shape index (κ1) is 30.9. The van der Waals surface area contributed by atoms with Crippen molar-refractivity contribution in [2.24, 2.45) is 0 Å². The number of thiol groups is 1. The van der Waals surface area contributed by atoms with Crippen LogP contribution in [0.15, 0.2) is 60.9 Å². The van der Waals surface area contributed by atoms with Gasteiger partial charge in [-0.15, -0.1) is 17.7 Å². The van der Waals surface area contributed by atoms with Crippen molar-refractivity contribution in [1.29, 1.82) is 0 Å². The molecule has 8 nitrogen and oxygen atoms in total. The number of aryl methyl sites for hydroxylation is 1. The predicted octanol–water partition coefficient (Wildman–Crippen LogP) is 6.13. The van der Waals surface area contributed by atoms with Crippen LogP contribution in [0.1, 0.15) is 28.7 Å². The van der Waals surface area contributed by atoms with Gasteiger partial charge in [-0.2, -0.15) is 13.2 Å². The molecule has 0 spiro atoms. The minimum absolute atomic E-state index is 0.0156. The third-order valence-electron chi connectivity index (χ3n) is 7.75. The lowest BCUT2D eigenvalue weighted by Gasteiger charge is -2.55. The number of fused-ring (bicyclic) bond motifs is 1. The van der Waals surface area contributed by atoms with E-state index in [0.717, 1.165) is 18.3 Å². The van der Waals surface area contributed by atoms with Crippen LogP contribution in [0.4, 0.5) is 22.0 Å². The van der Waals surface area contributed by atoms with Crippen molar-refractivity contribution in [2.75, 3.05) is 13.7 Å². The van der Waals surface area contributed by atoms with Gasteiger partial charge in [0.15, 0.2) is 6.29 Å². The van der Waals surface area contributed by atoms with Crippen molar-refractivity contribution in [3.8, 4) is 11.3 Å². The lowest BCUT2D eigenvalue weighted by molar-refractivity contribution is -0.323. The second kappa shape index (κ2) is 11.7. The zero-order chi connectivity index (χ0) is 31.4. The molecule has 2 unspecified atom stereocenters. The Kier molecular flexibility index (Phi) is 8.18. The van der Waals surface area contributed by atoms with E-state index in [2.05, 4.69) is 27.9 Å². The molecule has 0 aliphatic carbocycles. The summed E-state index contributed by atoms with van der Waals surface area (Å²) in [6, 6.07) is 12.3. The first-order valence-corrected chi connectivity index (χ1v) is 14.1. The van der Waals surface area contributed by atoms with Crippen molar-refractivity contribution in [3.63, 3.8) is 0 Å². The van der Waals surface area contributed by atoms with Crippen molar-refractivity contribution >= 4 is 24.2 Å². The van der Waals surface area contributed by atoms with E-state index in [1.54, 1.807) is 24.3 Å². The number of alkyl halides is 3. The zero-order valence-electron chi connectivity index (χ0n) is 23.0. The normalized spacial score (nSPS) is 27.2. The van der Waals surface area contributed by atoms with Gasteiger partial charge in [0.1, 0.15) is 57.3 Å². The van der Waals surface area contributed by atoms with Gasteiger partial charge in [0.2, 0.25) is 0 Å². The fourth-order valence-electron chi connectivity index (χ4n) is 5.83. The van der Waals surface area contributed by atoms with Crippen LogP contribution in [0.25, 0.3) is 11.3 Å². The Labute approximate surface area is 258 Å². The van der Waals surface area contributed by atoms with Gasteiger partial charge in [-0.05, 0) is 30.7 Å². The van der Waals surface area contributed by atoms with E-state index >= 15 is 0 Å². The number of hydrogen-bond donors (Lipinski definition) is 1. The number of aromatic nitrogens is 4. The van der Waals surface area contributed by atoms with E-state index in [4.69, 9.17) is 30.5 Å². The van der Waals surface area contributed by atoms with Crippen LogP contribution in [0.2, 0.25) is 5.02 Å². The maximum absolute atomic E-state index is 14.4. The molecule has 2 aromatic carbocycles. The number of ether oxygens (including phenoxy) is 4. The lowest BCUT2D eigenvalue weighted by Crippen LogP contribution is -2.70. The molecule has 2 aliphatic rings. The summed E-state index contributed by atoms with van der Waals surface area (Å²) in [5.74, 6) is -2.02. The number of methoxy groups -OCH3 is 1. The van der Waals surface area contributed by atoms with Gasteiger partial charge in [-0.1, -0.05) is 47.1 Å². The molecule has 2 aliphatic heterocycles. The Morgan fingerprint density at radius 3 is 2.43 bits per heavy atom. The molecule has 6 rings (SSSR count). The maximum Gasteiger partial charge on any atom is 0.433 e. The highest BCUT2D eigenvalue weighted by atomic mass is 35.5. The fourth-order valence-corrected chi connectivity index (χ4v) is 6.45. The largest absolute Gasteiger partial charge is 0.433 e. The summed E-state index contributed by atoms with van der Waals surface area (Å²) >= 11 is 10.3.